The first-order valence-corrected chi connectivity index (χ1v) is 6.96. The molecule has 0 radical (unpaired) electrons. The van der Waals surface area contributed by atoms with E-state index < -0.39 is 6.10 Å². The van der Waals surface area contributed by atoms with E-state index in [4.69, 9.17) is 4.74 Å². The molecule has 2 atom stereocenters. The number of hydrogen-bond acceptors (Lipinski definition) is 3. The van der Waals surface area contributed by atoms with Crippen LogP contribution in [0.1, 0.15) is 38.4 Å². The molecule has 0 saturated carbocycles. The topological polar surface area (TPSA) is 32.7 Å². The molecule has 1 heterocycles. The van der Waals surface area contributed by atoms with Gasteiger partial charge in [-0.25, -0.2) is 4.39 Å². The molecule has 0 aromatic heterocycles. The molecular weight excluding hydrogens is 245 g/mol. The van der Waals surface area contributed by atoms with Crippen LogP contribution in [0.2, 0.25) is 0 Å². The second kappa shape index (κ2) is 6.35. The van der Waals surface area contributed by atoms with E-state index in [0.717, 1.165) is 31.6 Å². The molecule has 2 rings (SSSR count). The van der Waals surface area contributed by atoms with Crippen molar-refractivity contribution in [1.82, 2.24) is 0 Å². The SMILES string of the molecule is CCOC1CCCN(c2ccc(F)cc2[C@H](C)O)C1. The average Bonchev–Trinajstić information content (AvgIpc) is 2.39. The van der Waals surface area contributed by atoms with E-state index in [-0.39, 0.29) is 11.9 Å². The highest BCUT2D eigenvalue weighted by molar-refractivity contribution is 5.55. The normalized spacial score (nSPS) is 21.5. The lowest BCUT2D eigenvalue weighted by Crippen LogP contribution is -2.40. The summed E-state index contributed by atoms with van der Waals surface area (Å²) in [6, 6.07) is 4.63. The number of rotatable bonds is 4. The molecule has 0 bridgehead atoms. The van der Waals surface area contributed by atoms with Gasteiger partial charge >= 0.3 is 0 Å². The van der Waals surface area contributed by atoms with Gasteiger partial charge in [-0.3, -0.25) is 0 Å². The van der Waals surface area contributed by atoms with Crippen molar-refractivity contribution in [3.05, 3.63) is 29.6 Å². The molecule has 0 amide bonds. The van der Waals surface area contributed by atoms with Gasteiger partial charge in [0, 0.05) is 30.9 Å². The van der Waals surface area contributed by atoms with E-state index >= 15 is 0 Å². The van der Waals surface area contributed by atoms with E-state index in [0.29, 0.717) is 12.2 Å². The van der Waals surface area contributed by atoms with Crippen molar-refractivity contribution in [2.24, 2.45) is 0 Å². The molecule has 106 valence electrons. The summed E-state index contributed by atoms with van der Waals surface area (Å²) in [5.41, 5.74) is 1.57. The van der Waals surface area contributed by atoms with Crippen molar-refractivity contribution in [1.29, 1.82) is 0 Å². The Morgan fingerprint density at radius 2 is 2.32 bits per heavy atom. The maximum absolute atomic E-state index is 13.3. The Labute approximate surface area is 114 Å². The van der Waals surface area contributed by atoms with Gasteiger partial charge in [-0.15, -0.1) is 0 Å². The van der Waals surface area contributed by atoms with Crippen LogP contribution in [0, 0.1) is 5.82 Å². The number of nitrogens with zero attached hydrogens (tertiary/aromatic N) is 1. The third-order valence-corrected chi connectivity index (χ3v) is 3.56. The first-order chi connectivity index (χ1) is 9.11. The molecule has 0 spiro atoms. The third-order valence-electron chi connectivity index (χ3n) is 3.56. The van der Waals surface area contributed by atoms with Crippen LogP contribution in [-0.4, -0.2) is 30.9 Å². The molecule has 4 heteroatoms. The fourth-order valence-electron chi connectivity index (χ4n) is 2.68. The molecule has 1 N–H and O–H groups in total. The third kappa shape index (κ3) is 3.45. The maximum Gasteiger partial charge on any atom is 0.123 e. The van der Waals surface area contributed by atoms with Gasteiger partial charge in [0.25, 0.3) is 0 Å². The van der Waals surface area contributed by atoms with Gasteiger partial charge in [0.1, 0.15) is 5.82 Å². The minimum absolute atomic E-state index is 0.227. The number of benzene rings is 1. The number of ether oxygens (including phenoxy) is 1. The summed E-state index contributed by atoms with van der Waals surface area (Å²) < 4.78 is 19.0. The summed E-state index contributed by atoms with van der Waals surface area (Å²) in [4.78, 5) is 2.19. The average molecular weight is 267 g/mol. The minimum Gasteiger partial charge on any atom is -0.389 e. The van der Waals surface area contributed by atoms with E-state index in [9.17, 15) is 9.50 Å². The molecule has 1 saturated heterocycles. The molecule has 19 heavy (non-hydrogen) atoms. The molecule has 3 nitrogen and oxygen atoms in total. The molecular formula is C15H22FNO2. The number of anilines is 1. The summed E-state index contributed by atoms with van der Waals surface area (Å²) >= 11 is 0. The standard InChI is InChI=1S/C15H22FNO2/c1-3-19-13-5-4-8-17(10-13)15-7-6-12(16)9-14(15)11(2)18/h6-7,9,11,13,18H,3-5,8,10H2,1-2H3/t11-,13?/m0/s1. The second-order valence-electron chi connectivity index (χ2n) is 5.04. The van der Waals surface area contributed by atoms with Gasteiger partial charge in [-0.1, -0.05) is 0 Å². The minimum atomic E-state index is -0.668. The zero-order chi connectivity index (χ0) is 13.8. The predicted octanol–water partition coefficient (Wildman–Crippen LogP) is 2.88. The molecule has 1 aliphatic heterocycles. The molecule has 1 fully saturated rings. The summed E-state index contributed by atoms with van der Waals surface area (Å²) in [6.07, 6.45) is 1.68. The monoisotopic (exact) mass is 267 g/mol. The summed E-state index contributed by atoms with van der Waals surface area (Å²) in [7, 11) is 0. The number of halogens is 1. The molecule has 1 aromatic rings. The molecule has 0 aliphatic carbocycles. The molecule has 1 aliphatic rings. The fraction of sp³-hybridized carbons (Fsp3) is 0.600. The van der Waals surface area contributed by atoms with E-state index in [1.54, 1.807) is 13.0 Å². The summed E-state index contributed by atoms with van der Waals surface area (Å²) in [6.45, 7) is 6.11. The Morgan fingerprint density at radius 1 is 1.53 bits per heavy atom. The lowest BCUT2D eigenvalue weighted by molar-refractivity contribution is 0.0525. The van der Waals surface area contributed by atoms with Gasteiger partial charge in [0.15, 0.2) is 0 Å². The zero-order valence-electron chi connectivity index (χ0n) is 11.6. The molecule has 1 aromatic carbocycles. The van der Waals surface area contributed by atoms with Crippen LogP contribution in [-0.2, 0) is 4.74 Å². The number of aliphatic hydroxyl groups excluding tert-OH is 1. The van der Waals surface area contributed by atoms with Crippen LogP contribution in [0.4, 0.5) is 10.1 Å². The Balaban J connectivity index is 2.20. The van der Waals surface area contributed by atoms with Crippen LogP contribution in [0.3, 0.4) is 0 Å². The smallest absolute Gasteiger partial charge is 0.123 e. The number of piperidine rings is 1. The van der Waals surface area contributed by atoms with Gasteiger partial charge in [0.2, 0.25) is 0 Å². The van der Waals surface area contributed by atoms with E-state index in [2.05, 4.69) is 4.90 Å². The van der Waals surface area contributed by atoms with Crippen molar-refractivity contribution in [2.45, 2.75) is 38.9 Å². The maximum atomic E-state index is 13.3. The highest BCUT2D eigenvalue weighted by Gasteiger charge is 2.23. The van der Waals surface area contributed by atoms with Gasteiger partial charge in [-0.2, -0.15) is 0 Å². The lowest BCUT2D eigenvalue weighted by Gasteiger charge is -2.35. The number of hydrogen-bond donors (Lipinski definition) is 1. The first-order valence-electron chi connectivity index (χ1n) is 6.96. The van der Waals surface area contributed by atoms with Crippen molar-refractivity contribution < 1.29 is 14.2 Å². The van der Waals surface area contributed by atoms with Crippen molar-refractivity contribution in [3.63, 3.8) is 0 Å². The van der Waals surface area contributed by atoms with E-state index in [1.165, 1.54) is 12.1 Å². The zero-order valence-corrected chi connectivity index (χ0v) is 11.6. The van der Waals surface area contributed by atoms with Gasteiger partial charge in [0.05, 0.1) is 12.2 Å². The van der Waals surface area contributed by atoms with Gasteiger partial charge in [-0.05, 0) is 44.9 Å². The van der Waals surface area contributed by atoms with Crippen LogP contribution in [0.15, 0.2) is 18.2 Å². The van der Waals surface area contributed by atoms with Crippen molar-refractivity contribution >= 4 is 5.69 Å². The number of aliphatic hydroxyl groups is 1. The van der Waals surface area contributed by atoms with Crippen LogP contribution in [0.25, 0.3) is 0 Å². The van der Waals surface area contributed by atoms with Crippen molar-refractivity contribution in [2.75, 3.05) is 24.6 Å². The Bertz CT molecular complexity index is 421. The van der Waals surface area contributed by atoms with Crippen LogP contribution in [0.5, 0.6) is 0 Å². The van der Waals surface area contributed by atoms with Gasteiger partial charge < -0.3 is 14.7 Å². The largest absolute Gasteiger partial charge is 0.389 e. The Morgan fingerprint density at radius 3 is 3.00 bits per heavy atom. The quantitative estimate of drug-likeness (QED) is 0.910. The second-order valence-corrected chi connectivity index (χ2v) is 5.04. The van der Waals surface area contributed by atoms with Crippen molar-refractivity contribution in [3.8, 4) is 0 Å². The first kappa shape index (κ1) is 14.3. The fourth-order valence-corrected chi connectivity index (χ4v) is 2.68. The van der Waals surface area contributed by atoms with Crippen LogP contribution >= 0.6 is 0 Å². The van der Waals surface area contributed by atoms with Crippen LogP contribution < -0.4 is 4.90 Å². The predicted molar refractivity (Wildman–Crippen MR) is 73.9 cm³/mol. The van der Waals surface area contributed by atoms with E-state index in [1.807, 2.05) is 6.92 Å². The highest BCUT2D eigenvalue weighted by Crippen LogP contribution is 2.30. The Hall–Kier alpha value is -1.13. The summed E-state index contributed by atoms with van der Waals surface area (Å²) in [5.74, 6) is -0.307. The lowest BCUT2D eigenvalue weighted by atomic mass is 10.0. The summed E-state index contributed by atoms with van der Waals surface area (Å²) in [5, 5.41) is 9.80. The highest BCUT2D eigenvalue weighted by atomic mass is 19.1. The Kier molecular flexibility index (Phi) is 4.77. The molecule has 1 unspecified atom stereocenters.